The van der Waals surface area contributed by atoms with Crippen LogP contribution in [0.5, 0.6) is 0 Å². The number of hydrogen-bond acceptors (Lipinski definition) is 5. The summed E-state index contributed by atoms with van der Waals surface area (Å²) in [6.07, 6.45) is -7.91. The van der Waals surface area contributed by atoms with Crippen LogP contribution >= 0.6 is 19.5 Å². The van der Waals surface area contributed by atoms with Crippen LogP contribution in [0.1, 0.15) is 12.8 Å². The molecule has 0 amide bonds. The molecule has 1 aliphatic carbocycles. The summed E-state index contributed by atoms with van der Waals surface area (Å²) >= 11 is 4.64. The van der Waals surface area contributed by atoms with Crippen LogP contribution in [0.3, 0.4) is 0 Å². The van der Waals surface area contributed by atoms with Gasteiger partial charge in [0.25, 0.3) is 0 Å². The molecule has 3 unspecified atom stereocenters. The fourth-order valence-corrected chi connectivity index (χ4v) is 2.67. The van der Waals surface area contributed by atoms with E-state index in [0.717, 1.165) is 18.7 Å². The molecule has 0 aromatic carbocycles. The minimum absolute atomic E-state index is 0.220. The zero-order valence-electron chi connectivity index (χ0n) is 12.3. The Kier molecular flexibility index (Phi) is 5.89. The van der Waals surface area contributed by atoms with Crippen molar-refractivity contribution < 1.29 is 36.3 Å². The first-order valence-electron chi connectivity index (χ1n) is 6.49. The summed E-state index contributed by atoms with van der Waals surface area (Å²) in [7, 11) is -4.36. The molecular weight excluding hydrogens is 364 g/mol. The van der Waals surface area contributed by atoms with E-state index in [1.165, 1.54) is 0 Å². The van der Waals surface area contributed by atoms with Gasteiger partial charge in [0.15, 0.2) is 0 Å². The monoisotopic (exact) mass is 381 g/mol. The number of nitrogens with zero attached hydrogens (tertiary/aromatic N) is 1. The molecule has 1 aliphatic rings. The molecule has 3 atom stereocenters. The molecule has 2 N–H and O–H groups in total. The van der Waals surface area contributed by atoms with Gasteiger partial charge < -0.3 is 0 Å². The van der Waals surface area contributed by atoms with E-state index in [4.69, 9.17) is 0 Å². The Balaban J connectivity index is 2.97. The molecule has 0 saturated heterocycles. The Morgan fingerprint density at radius 1 is 1.39 bits per heavy atom. The molecule has 0 spiro atoms. The second-order valence-electron chi connectivity index (χ2n) is 5.77. The zero-order chi connectivity index (χ0) is 18.1. The number of allylic oxidation sites excluding steroid dienone is 2. The zero-order valence-corrected chi connectivity index (χ0v) is 14.0. The van der Waals surface area contributed by atoms with Gasteiger partial charge in [0, 0.05) is 0 Å². The summed E-state index contributed by atoms with van der Waals surface area (Å²) in [5, 5.41) is 0.934. The van der Waals surface area contributed by atoms with Crippen LogP contribution < -0.4 is 0 Å². The van der Waals surface area contributed by atoms with E-state index < -0.39 is 49.4 Å². The van der Waals surface area contributed by atoms with Gasteiger partial charge in [-0.25, -0.2) is 0 Å². The molecule has 0 bridgehead atoms. The van der Waals surface area contributed by atoms with Crippen molar-refractivity contribution >= 4 is 31.3 Å². The third-order valence-electron chi connectivity index (χ3n) is 3.11. The number of rotatable bonds is 5. The van der Waals surface area contributed by atoms with E-state index in [1.54, 1.807) is 0 Å². The molecule has 1 rings (SSSR count). The normalized spacial score (nSPS) is 26.7. The first kappa shape index (κ1) is 20.3. The number of aliphatic imine (C=N–C) groups is 1. The first-order valence-corrected chi connectivity index (χ1v) is 9.91. The Bertz CT molecular complexity index is 520. The standard InChI is InChI=1S/C12H17F5NO3PS/c1-22(2,19,20)21-6-18-9(5-23)7-3-4-8(13)10(11(7)14)12(15,16)17/h5-7,9,11,19-20H,3-4H2,1-2H3. The van der Waals surface area contributed by atoms with Crippen molar-refractivity contribution in [1.82, 2.24) is 0 Å². The summed E-state index contributed by atoms with van der Waals surface area (Å²) in [6, 6.07) is -1.20. The van der Waals surface area contributed by atoms with E-state index >= 15 is 0 Å². The Hall–Kier alpha value is -0.700. The summed E-state index contributed by atoms with van der Waals surface area (Å²) in [5.41, 5.74) is -1.85. The van der Waals surface area contributed by atoms with Crippen LogP contribution in [-0.2, 0) is 4.52 Å². The third kappa shape index (κ3) is 6.02. The number of alkyl halides is 4. The molecule has 0 aromatic rings. The number of thiocarbonyl (C=S) groups is 1. The van der Waals surface area contributed by atoms with Gasteiger partial charge in [0.2, 0.25) is 0 Å². The Labute approximate surface area is 135 Å². The number of hydrogen-bond donors (Lipinski definition) is 2. The fourth-order valence-electron chi connectivity index (χ4n) is 2.07. The van der Waals surface area contributed by atoms with Gasteiger partial charge in [-0.3, -0.25) is 0 Å². The predicted octanol–water partition coefficient (Wildman–Crippen LogP) is 3.48. The fraction of sp³-hybridized carbons (Fsp3) is 0.667. The summed E-state index contributed by atoms with van der Waals surface area (Å²) in [6.45, 7) is 2.03. The summed E-state index contributed by atoms with van der Waals surface area (Å²) < 4.78 is 70.4. The maximum absolute atomic E-state index is 14.1. The molecule has 4 nitrogen and oxygen atoms in total. The summed E-state index contributed by atoms with van der Waals surface area (Å²) in [5.74, 6) is -2.84. The molecule has 134 valence electrons. The van der Waals surface area contributed by atoms with Gasteiger partial charge in [0.05, 0.1) is 0 Å². The van der Waals surface area contributed by atoms with Crippen LogP contribution in [-0.4, -0.2) is 53.3 Å². The van der Waals surface area contributed by atoms with Gasteiger partial charge in [0.1, 0.15) is 0 Å². The van der Waals surface area contributed by atoms with Gasteiger partial charge in [-0.15, -0.1) is 0 Å². The molecule has 0 radical (unpaired) electrons. The average molecular weight is 381 g/mol. The molecule has 11 heteroatoms. The predicted molar refractivity (Wildman–Crippen MR) is 82.0 cm³/mol. The van der Waals surface area contributed by atoms with Crippen molar-refractivity contribution in [2.24, 2.45) is 10.9 Å². The quantitative estimate of drug-likeness (QED) is 0.252. The van der Waals surface area contributed by atoms with E-state index in [-0.39, 0.29) is 6.42 Å². The molecule has 23 heavy (non-hydrogen) atoms. The van der Waals surface area contributed by atoms with Gasteiger partial charge in [-0.1, -0.05) is 0 Å². The Morgan fingerprint density at radius 2 is 1.96 bits per heavy atom. The van der Waals surface area contributed by atoms with Crippen LogP contribution in [0.25, 0.3) is 0 Å². The van der Waals surface area contributed by atoms with Crippen molar-refractivity contribution in [2.75, 3.05) is 13.3 Å². The van der Waals surface area contributed by atoms with Gasteiger partial charge in [-0.2, -0.15) is 0 Å². The van der Waals surface area contributed by atoms with Crippen molar-refractivity contribution in [3.05, 3.63) is 11.4 Å². The average Bonchev–Trinajstić information content (AvgIpc) is 2.32. The van der Waals surface area contributed by atoms with E-state index in [0.29, 0.717) is 6.40 Å². The van der Waals surface area contributed by atoms with Crippen molar-refractivity contribution in [3.8, 4) is 0 Å². The number of halogens is 5. The third-order valence-corrected chi connectivity index (χ3v) is 4.09. The van der Waals surface area contributed by atoms with E-state index in [2.05, 4.69) is 21.7 Å². The molecule has 0 aromatic heterocycles. The van der Waals surface area contributed by atoms with Gasteiger partial charge >= 0.3 is 134 Å². The van der Waals surface area contributed by atoms with Crippen molar-refractivity contribution in [3.63, 3.8) is 0 Å². The molecule has 0 fully saturated rings. The first-order chi connectivity index (χ1) is 10.2. The maximum atomic E-state index is 14.1. The minimum atomic E-state index is -5.12. The van der Waals surface area contributed by atoms with Crippen LogP contribution in [0.2, 0.25) is 0 Å². The molecular formula is C12H17F5NO3PS. The van der Waals surface area contributed by atoms with E-state index in [9.17, 15) is 31.7 Å². The molecule has 0 saturated carbocycles. The van der Waals surface area contributed by atoms with Crippen LogP contribution in [0, 0.1) is 5.92 Å². The molecule has 0 heterocycles. The van der Waals surface area contributed by atoms with Crippen molar-refractivity contribution in [1.29, 1.82) is 0 Å². The second-order valence-corrected chi connectivity index (χ2v) is 9.99. The second kappa shape index (κ2) is 6.66. The van der Waals surface area contributed by atoms with Crippen LogP contribution in [0.4, 0.5) is 22.0 Å². The van der Waals surface area contributed by atoms with E-state index in [1.807, 2.05) is 0 Å². The van der Waals surface area contributed by atoms with Gasteiger partial charge in [-0.05, 0) is 0 Å². The Morgan fingerprint density at radius 3 is 2.39 bits per heavy atom. The van der Waals surface area contributed by atoms with Crippen molar-refractivity contribution in [2.45, 2.75) is 31.2 Å². The SMILES string of the molecule is CP(C)(O)(O)OC=NC(C=S)C1CCC(F)=C(C(F)(F)F)C1F. The molecule has 0 aliphatic heterocycles. The topological polar surface area (TPSA) is 62.0 Å². The van der Waals surface area contributed by atoms with Crippen LogP contribution in [0.15, 0.2) is 16.4 Å². The summed E-state index contributed by atoms with van der Waals surface area (Å²) in [4.78, 5) is 22.6.